The van der Waals surface area contributed by atoms with Crippen LogP contribution in [0.1, 0.15) is 31.4 Å². The molecule has 3 rings (SSSR count). The van der Waals surface area contributed by atoms with Crippen LogP contribution < -0.4 is 20.3 Å². The van der Waals surface area contributed by atoms with Crippen LogP contribution in [-0.2, 0) is 9.59 Å². The van der Waals surface area contributed by atoms with Gasteiger partial charge in [-0.1, -0.05) is 42.5 Å². The maximum Gasteiger partial charge on any atom is 0.287 e. The fraction of sp³-hybridized carbons (Fsp3) is 0.364. The molecule has 6 nitrogen and oxygen atoms in total. The van der Waals surface area contributed by atoms with E-state index in [0.29, 0.717) is 24.1 Å². The highest BCUT2D eigenvalue weighted by Crippen LogP contribution is 2.25. The largest absolute Gasteiger partial charge is 0.492 e. The second-order valence-corrected chi connectivity index (χ2v) is 7.13. The van der Waals surface area contributed by atoms with E-state index in [9.17, 15) is 9.59 Å². The number of nitrogens with one attached hydrogen (secondary N) is 3. The fourth-order valence-corrected chi connectivity index (χ4v) is 3.22. The van der Waals surface area contributed by atoms with Gasteiger partial charge in [-0.15, -0.1) is 0 Å². The summed E-state index contributed by atoms with van der Waals surface area (Å²) in [5.74, 6) is 0.438. The van der Waals surface area contributed by atoms with Crippen molar-refractivity contribution >= 4 is 17.5 Å². The molecule has 2 aromatic carbocycles. The number of hydrogen-bond acceptors (Lipinski definition) is 3. The van der Waals surface area contributed by atoms with Crippen LogP contribution in [0.5, 0.6) is 5.75 Å². The van der Waals surface area contributed by atoms with E-state index in [1.54, 1.807) is 0 Å². The van der Waals surface area contributed by atoms with Crippen molar-refractivity contribution in [1.29, 1.82) is 0 Å². The number of anilines is 1. The molecule has 6 heteroatoms. The second-order valence-electron chi connectivity index (χ2n) is 7.13. The zero-order valence-corrected chi connectivity index (χ0v) is 16.4. The van der Waals surface area contributed by atoms with E-state index in [-0.39, 0.29) is 18.4 Å². The lowest BCUT2D eigenvalue weighted by molar-refractivity contribution is -0.894. The van der Waals surface area contributed by atoms with Gasteiger partial charge in [0, 0.05) is 11.6 Å². The molecular weight excluding hydrogens is 354 g/mol. The number of benzene rings is 2. The van der Waals surface area contributed by atoms with Crippen LogP contribution in [0.4, 0.5) is 5.69 Å². The number of quaternary nitrogens is 1. The molecule has 0 heterocycles. The van der Waals surface area contributed by atoms with E-state index in [0.717, 1.165) is 23.3 Å². The molecule has 1 saturated carbocycles. The molecule has 1 aliphatic carbocycles. The highest BCUT2D eigenvalue weighted by atomic mass is 16.5. The number of carbonyl (C=O) groups is 2. The molecule has 148 valence electrons. The first-order valence-electron chi connectivity index (χ1n) is 9.77. The van der Waals surface area contributed by atoms with Gasteiger partial charge in [0.1, 0.15) is 5.75 Å². The Kier molecular flexibility index (Phi) is 6.66. The number of carbonyl (C=O) groups excluding carboxylic acids is 2. The monoisotopic (exact) mass is 382 g/mol. The van der Waals surface area contributed by atoms with Crippen LogP contribution >= 0.6 is 0 Å². The van der Waals surface area contributed by atoms with E-state index in [4.69, 9.17) is 4.74 Å². The normalized spacial score (nSPS) is 15.4. The SMILES string of the molecule is CCOc1ccccc1NC(=O)[C@H](c1ccccc1)[NH+](C)CC(=O)NC1CC1. The Morgan fingerprint density at radius 2 is 1.79 bits per heavy atom. The number of amides is 2. The van der Waals surface area contributed by atoms with E-state index >= 15 is 0 Å². The standard InChI is InChI=1S/C22H27N3O3/c1-3-28-19-12-8-7-11-18(19)24-22(27)21(16-9-5-4-6-10-16)25(2)15-20(26)23-17-13-14-17/h4-12,17,21H,3,13-15H2,1-2H3,(H,23,26)(H,24,27)/p+1/t21-/m0/s1. The Morgan fingerprint density at radius 1 is 1.11 bits per heavy atom. The van der Waals surface area contributed by atoms with Crippen LogP contribution in [0, 0.1) is 0 Å². The van der Waals surface area contributed by atoms with Crippen molar-refractivity contribution in [3.05, 3.63) is 60.2 Å². The van der Waals surface area contributed by atoms with Gasteiger partial charge in [0.2, 0.25) is 0 Å². The maximum absolute atomic E-state index is 13.2. The molecular formula is C22H28N3O3+. The van der Waals surface area contributed by atoms with Crippen molar-refractivity contribution in [2.75, 3.05) is 25.5 Å². The molecule has 0 aromatic heterocycles. The number of likely N-dealkylation sites (N-methyl/N-ethyl adjacent to an activating group) is 1. The smallest absolute Gasteiger partial charge is 0.287 e. The van der Waals surface area contributed by atoms with Crippen LogP contribution in [0.3, 0.4) is 0 Å². The highest BCUT2D eigenvalue weighted by Gasteiger charge is 2.32. The first-order valence-corrected chi connectivity index (χ1v) is 9.77. The minimum Gasteiger partial charge on any atom is -0.492 e. The lowest BCUT2D eigenvalue weighted by Gasteiger charge is -2.24. The van der Waals surface area contributed by atoms with Crippen LogP contribution in [0.2, 0.25) is 0 Å². The predicted molar refractivity (Wildman–Crippen MR) is 108 cm³/mol. The van der Waals surface area contributed by atoms with Crippen molar-refractivity contribution in [2.45, 2.75) is 31.8 Å². The second kappa shape index (κ2) is 9.37. The van der Waals surface area contributed by atoms with Crippen molar-refractivity contribution in [2.24, 2.45) is 0 Å². The summed E-state index contributed by atoms with van der Waals surface area (Å²) in [4.78, 5) is 26.3. The molecule has 1 aliphatic rings. The minimum absolute atomic E-state index is 0.0246. The highest BCUT2D eigenvalue weighted by molar-refractivity contribution is 5.96. The minimum atomic E-state index is -0.513. The molecule has 3 N–H and O–H groups in total. The molecule has 0 saturated heterocycles. The van der Waals surface area contributed by atoms with Crippen molar-refractivity contribution in [1.82, 2.24) is 5.32 Å². The molecule has 0 radical (unpaired) electrons. The molecule has 28 heavy (non-hydrogen) atoms. The average Bonchev–Trinajstić information content (AvgIpc) is 3.48. The van der Waals surface area contributed by atoms with Crippen molar-refractivity contribution < 1.29 is 19.2 Å². The summed E-state index contributed by atoms with van der Waals surface area (Å²) < 4.78 is 5.61. The molecule has 2 amide bonds. The zero-order chi connectivity index (χ0) is 19.9. The van der Waals surface area contributed by atoms with Crippen molar-refractivity contribution in [3.63, 3.8) is 0 Å². The third-order valence-corrected chi connectivity index (χ3v) is 4.71. The topological polar surface area (TPSA) is 71.9 Å². The number of hydrogen-bond donors (Lipinski definition) is 3. The third-order valence-electron chi connectivity index (χ3n) is 4.71. The first-order chi connectivity index (χ1) is 13.6. The van der Waals surface area contributed by atoms with Crippen molar-refractivity contribution in [3.8, 4) is 5.75 Å². The summed E-state index contributed by atoms with van der Waals surface area (Å²) in [5, 5.41) is 5.98. The van der Waals surface area contributed by atoms with Crippen LogP contribution in [0.25, 0.3) is 0 Å². The Labute approximate surface area is 165 Å². The Morgan fingerprint density at radius 3 is 2.46 bits per heavy atom. The molecule has 2 atom stereocenters. The van der Waals surface area contributed by atoms with Gasteiger partial charge in [0.05, 0.1) is 19.3 Å². The molecule has 0 bridgehead atoms. The zero-order valence-electron chi connectivity index (χ0n) is 16.4. The Bertz CT molecular complexity index is 806. The van der Waals surface area contributed by atoms with Gasteiger partial charge in [0.25, 0.3) is 11.8 Å². The van der Waals surface area contributed by atoms with Gasteiger partial charge < -0.3 is 20.3 Å². The van der Waals surface area contributed by atoms with Crippen LogP contribution in [0.15, 0.2) is 54.6 Å². The lowest BCUT2D eigenvalue weighted by atomic mass is 10.0. The molecule has 0 spiro atoms. The Balaban J connectivity index is 1.78. The van der Waals surface area contributed by atoms with Gasteiger partial charge in [-0.2, -0.15) is 0 Å². The first kappa shape index (κ1) is 19.9. The van der Waals surface area contributed by atoms with E-state index in [1.807, 2.05) is 68.6 Å². The van der Waals surface area contributed by atoms with E-state index in [2.05, 4.69) is 10.6 Å². The summed E-state index contributed by atoms with van der Waals surface area (Å²) in [5.41, 5.74) is 1.50. The van der Waals surface area contributed by atoms with Gasteiger partial charge in [-0.3, -0.25) is 9.59 Å². The summed E-state index contributed by atoms with van der Waals surface area (Å²) in [7, 11) is 1.87. The van der Waals surface area contributed by atoms with E-state index < -0.39 is 6.04 Å². The number of para-hydroxylation sites is 2. The molecule has 1 fully saturated rings. The lowest BCUT2D eigenvalue weighted by Crippen LogP contribution is -3.11. The fourth-order valence-electron chi connectivity index (χ4n) is 3.22. The molecule has 0 aliphatic heterocycles. The average molecular weight is 382 g/mol. The summed E-state index contributed by atoms with van der Waals surface area (Å²) in [6.45, 7) is 2.65. The number of ether oxygens (including phenoxy) is 1. The van der Waals surface area contributed by atoms with E-state index in [1.165, 1.54) is 0 Å². The van der Waals surface area contributed by atoms with Crippen LogP contribution in [-0.4, -0.2) is 38.1 Å². The molecule has 1 unspecified atom stereocenters. The molecule has 2 aromatic rings. The van der Waals surface area contributed by atoms with Gasteiger partial charge in [-0.25, -0.2) is 0 Å². The van der Waals surface area contributed by atoms with Gasteiger partial charge in [0.15, 0.2) is 12.6 Å². The Hall–Kier alpha value is -2.86. The maximum atomic E-state index is 13.2. The predicted octanol–water partition coefficient (Wildman–Crippen LogP) is 1.56. The quantitative estimate of drug-likeness (QED) is 0.616. The number of rotatable bonds is 9. The summed E-state index contributed by atoms with van der Waals surface area (Å²) in [6, 6.07) is 16.7. The summed E-state index contributed by atoms with van der Waals surface area (Å²) in [6.07, 6.45) is 2.09. The summed E-state index contributed by atoms with van der Waals surface area (Å²) >= 11 is 0. The van der Waals surface area contributed by atoms with Gasteiger partial charge in [-0.05, 0) is 31.9 Å². The van der Waals surface area contributed by atoms with Gasteiger partial charge >= 0.3 is 0 Å². The third kappa shape index (κ3) is 5.33.